The second-order valence-corrected chi connectivity index (χ2v) is 5.12. The summed E-state index contributed by atoms with van der Waals surface area (Å²) < 4.78 is 5.36. The lowest BCUT2D eigenvalue weighted by atomic mass is 10.2. The van der Waals surface area contributed by atoms with E-state index in [4.69, 9.17) is 4.74 Å². The second kappa shape index (κ2) is 4.25. The number of carbonyl (C=O) groups excluding carboxylic acids is 1. The van der Waals surface area contributed by atoms with Gasteiger partial charge in [-0.2, -0.15) is 0 Å². The molecule has 1 aliphatic rings. The number of amides is 1. The van der Waals surface area contributed by atoms with E-state index in [0.29, 0.717) is 0 Å². The number of hydrogen-bond donors (Lipinski definition) is 0. The third kappa shape index (κ3) is 2.98. The normalized spacial score (nSPS) is 26.5. The summed E-state index contributed by atoms with van der Waals surface area (Å²) >= 11 is 0. The fraction of sp³-hybridized carbons (Fsp3) is 0.750. The Balaban J connectivity index is 2.68. The summed E-state index contributed by atoms with van der Waals surface area (Å²) in [5.74, 6) is 0. The molecule has 0 radical (unpaired) electrons. The monoisotopic (exact) mass is 211 g/mol. The summed E-state index contributed by atoms with van der Waals surface area (Å²) in [6.45, 7) is 11.5. The van der Waals surface area contributed by atoms with Gasteiger partial charge in [0.25, 0.3) is 0 Å². The van der Waals surface area contributed by atoms with Crippen LogP contribution in [-0.4, -0.2) is 28.7 Å². The Morgan fingerprint density at radius 2 is 2.07 bits per heavy atom. The highest BCUT2D eigenvalue weighted by Gasteiger charge is 2.35. The highest BCUT2D eigenvalue weighted by atomic mass is 16.6. The Bertz CT molecular complexity index is 255. The van der Waals surface area contributed by atoms with E-state index in [1.807, 2.05) is 33.8 Å². The van der Waals surface area contributed by atoms with Gasteiger partial charge < -0.3 is 4.74 Å². The van der Waals surface area contributed by atoms with Crippen molar-refractivity contribution < 1.29 is 9.53 Å². The lowest BCUT2D eigenvalue weighted by Crippen LogP contribution is -2.42. The number of ether oxygens (including phenoxy) is 1. The summed E-state index contributed by atoms with van der Waals surface area (Å²) in [5.41, 5.74) is -0.425. The van der Waals surface area contributed by atoms with Gasteiger partial charge in [-0.15, -0.1) is 6.58 Å². The maximum atomic E-state index is 11.9. The maximum absolute atomic E-state index is 11.9. The SMILES string of the molecule is C=CC1CC[C@H](C)N1C(=O)OC(C)(C)C. The summed E-state index contributed by atoms with van der Waals surface area (Å²) in [5, 5.41) is 0. The van der Waals surface area contributed by atoms with Crippen molar-refractivity contribution in [2.75, 3.05) is 0 Å². The molecule has 0 N–H and O–H groups in total. The van der Waals surface area contributed by atoms with Crippen LogP contribution in [0.5, 0.6) is 0 Å². The highest BCUT2D eigenvalue weighted by molar-refractivity contribution is 5.69. The molecule has 0 spiro atoms. The van der Waals surface area contributed by atoms with E-state index in [1.165, 1.54) is 0 Å². The van der Waals surface area contributed by atoms with Crippen LogP contribution in [0.4, 0.5) is 4.79 Å². The summed E-state index contributed by atoms with van der Waals surface area (Å²) in [4.78, 5) is 13.7. The van der Waals surface area contributed by atoms with Crippen LogP contribution >= 0.6 is 0 Å². The van der Waals surface area contributed by atoms with Crippen molar-refractivity contribution >= 4 is 6.09 Å². The zero-order valence-electron chi connectivity index (χ0n) is 10.1. The van der Waals surface area contributed by atoms with Gasteiger partial charge in [-0.1, -0.05) is 6.08 Å². The van der Waals surface area contributed by atoms with Crippen molar-refractivity contribution in [3.8, 4) is 0 Å². The Labute approximate surface area is 92.1 Å². The first-order chi connectivity index (χ1) is 6.85. The van der Waals surface area contributed by atoms with Crippen LogP contribution < -0.4 is 0 Å². The molecule has 3 nitrogen and oxygen atoms in total. The van der Waals surface area contributed by atoms with Crippen LogP contribution in [0.3, 0.4) is 0 Å². The van der Waals surface area contributed by atoms with Gasteiger partial charge in [0, 0.05) is 6.04 Å². The fourth-order valence-electron chi connectivity index (χ4n) is 1.88. The smallest absolute Gasteiger partial charge is 0.411 e. The molecule has 1 amide bonds. The molecule has 0 saturated carbocycles. The van der Waals surface area contributed by atoms with E-state index in [0.717, 1.165) is 12.8 Å². The molecule has 2 atom stereocenters. The first kappa shape index (κ1) is 12.1. The van der Waals surface area contributed by atoms with Crippen LogP contribution in [0.15, 0.2) is 12.7 Å². The van der Waals surface area contributed by atoms with Crippen LogP contribution in [0.25, 0.3) is 0 Å². The predicted molar refractivity (Wildman–Crippen MR) is 60.8 cm³/mol. The quantitative estimate of drug-likeness (QED) is 0.624. The molecule has 0 aromatic carbocycles. The number of rotatable bonds is 1. The second-order valence-electron chi connectivity index (χ2n) is 5.12. The van der Waals surface area contributed by atoms with E-state index >= 15 is 0 Å². The lowest BCUT2D eigenvalue weighted by Gasteiger charge is -2.30. The first-order valence-electron chi connectivity index (χ1n) is 5.49. The van der Waals surface area contributed by atoms with Crippen molar-refractivity contribution in [3.63, 3.8) is 0 Å². The molecule has 0 aromatic heterocycles. The average Bonchev–Trinajstić information content (AvgIpc) is 2.43. The van der Waals surface area contributed by atoms with Gasteiger partial charge in [-0.3, -0.25) is 4.90 Å². The Morgan fingerprint density at radius 1 is 1.47 bits per heavy atom. The molecule has 1 unspecified atom stereocenters. The third-order valence-electron chi connectivity index (χ3n) is 2.59. The molecular weight excluding hydrogens is 190 g/mol. The third-order valence-corrected chi connectivity index (χ3v) is 2.59. The molecule has 1 aliphatic heterocycles. The lowest BCUT2D eigenvalue weighted by molar-refractivity contribution is 0.0194. The van der Waals surface area contributed by atoms with E-state index in [9.17, 15) is 4.79 Å². The van der Waals surface area contributed by atoms with Gasteiger partial charge >= 0.3 is 6.09 Å². The minimum atomic E-state index is -0.425. The maximum Gasteiger partial charge on any atom is 0.411 e. The molecule has 0 aromatic rings. The Hall–Kier alpha value is -0.990. The Kier molecular flexibility index (Phi) is 3.42. The predicted octanol–water partition coefficient (Wildman–Crippen LogP) is 2.96. The molecule has 0 bridgehead atoms. The summed E-state index contributed by atoms with van der Waals surface area (Å²) in [6.07, 6.45) is 3.62. The van der Waals surface area contributed by atoms with Gasteiger partial charge in [-0.25, -0.2) is 4.79 Å². The molecule has 1 saturated heterocycles. The van der Waals surface area contributed by atoms with Gasteiger partial charge in [0.05, 0.1) is 6.04 Å². The molecule has 1 rings (SSSR count). The Morgan fingerprint density at radius 3 is 2.53 bits per heavy atom. The van der Waals surface area contributed by atoms with Crippen molar-refractivity contribution in [2.45, 2.75) is 58.2 Å². The molecule has 1 fully saturated rings. The molecule has 1 heterocycles. The van der Waals surface area contributed by atoms with E-state index in [2.05, 4.69) is 6.58 Å². The van der Waals surface area contributed by atoms with E-state index in [-0.39, 0.29) is 18.2 Å². The number of nitrogens with zero attached hydrogens (tertiary/aromatic N) is 1. The largest absolute Gasteiger partial charge is 0.444 e. The molecule has 0 aliphatic carbocycles. The zero-order valence-corrected chi connectivity index (χ0v) is 10.1. The van der Waals surface area contributed by atoms with Crippen LogP contribution in [0.1, 0.15) is 40.5 Å². The molecular formula is C12H21NO2. The summed E-state index contributed by atoms with van der Waals surface area (Å²) in [7, 11) is 0. The van der Waals surface area contributed by atoms with Crippen molar-refractivity contribution in [2.24, 2.45) is 0 Å². The van der Waals surface area contributed by atoms with Gasteiger partial charge in [0.1, 0.15) is 5.60 Å². The number of likely N-dealkylation sites (tertiary alicyclic amines) is 1. The van der Waals surface area contributed by atoms with Crippen molar-refractivity contribution in [1.29, 1.82) is 0 Å². The molecule has 3 heteroatoms. The summed E-state index contributed by atoms with van der Waals surface area (Å²) in [6, 6.07) is 0.387. The number of carbonyl (C=O) groups is 1. The minimum absolute atomic E-state index is 0.134. The van der Waals surface area contributed by atoms with Crippen LogP contribution in [0.2, 0.25) is 0 Å². The van der Waals surface area contributed by atoms with Crippen LogP contribution in [0, 0.1) is 0 Å². The van der Waals surface area contributed by atoms with Crippen molar-refractivity contribution in [1.82, 2.24) is 4.90 Å². The topological polar surface area (TPSA) is 29.5 Å². The molecule has 86 valence electrons. The van der Waals surface area contributed by atoms with E-state index < -0.39 is 5.60 Å². The van der Waals surface area contributed by atoms with Crippen LogP contribution in [-0.2, 0) is 4.74 Å². The van der Waals surface area contributed by atoms with Gasteiger partial charge in [0.15, 0.2) is 0 Å². The number of hydrogen-bond acceptors (Lipinski definition) is 2. The standard InChI is InChI=1S/C12H21NO2/c1-6-10-8-7-9(2)13(10)11(14)15-12(3,4)5/h6,9-10H,1,7-8H2,2-5H3/t9-,10?/m0/s1. The van der Waals surface area contributed by atoms with Crippen molar-refractivity contribution in [3.05, 3.63) is 12.7 Å². The zero-order chi connectivity index (χ0) is 11.6. The minimum Gasteiger partial charge on any atom is -0.444 e. The van der Waals surface area contributed by atoms with E-state index in [1.54, 1.807) is 4.90 Å². The highest BCUT2D eigenvalue weighted by Crippen LogP contribution is 2.26. The molecule has 15 heavy (non-hydrogen) atoms. The average molecular weight is 211 g/mol. The van der Waals surface area contributed by atoms with Gasteiger partial charge in [0.2, 0.25) is 0 Å². The first-order valence-corrected chi connectivity index (χ1v) is 5.49. The fourth-order valence-corrected chi connectivity index (χ4v) is 1.88. The van der Waals surface area contributed by atoms with Gasteiger partial charge in [-0.05, 0) is 40.5 Å².